The molecule has 10 nitrogen and oxygen atoms in total. The quantitative estimate of drug-likeness (QED) is 0.242. The Kier molecular flexibility index (Phi) is 6.83. The third kappa shape index (κ3) is 4.28. The van der Waals surface area contributed by atoms with Crippen molar-refractivity contribution in [1.29, 1.82) is 0 Å². The summed E-state index contributed by atoms with van der Waals surface area (Å²) in [5.41, 5.74) is 0.0166. The van der Waals surface area contributed by atoms with Crippen LogP contribution in [0.4, 0.5) is 0 Å². The molecule has 0 saturated carbocycles. The molecule has 0 aromatic rings. The topological polar surface area (TPSA) is 151 Å². The lowest BCUT2D eigenvalue weighted by Crippen LogP contribution is -2.63. The average Bonchev–Trinajstić information content (AvgIpc) is 3.42. The van der Waals surface area contributed by atoms with E-state index in [1.807, 2.05) is 6.92 Å². The minimum atomic E-state index is -1.14. The Balaban J connectivity index is 1.36. The first kappa shape index (κ1) is 23.5. The van der Waals surface area contributed by atoms with Crippen LogP contribution in [0.3, 0.4) is 0 Å². The number of amides is 2. The molecule has 4 rings (SSSR count). The maximum absolute atomic E-state index is 12.5. The van der Waals surface area contributed by atoms with Gasteiger partial charge in [-0.2, -0.15) is 0 Å². The molecule has 4 heterocycles. The van der Waals surface area contributed by atoms with E-state index >= 15 is 0 Å². The average molecular weight is 469 g/mol. The summed E-state index contributed by atoms with van der Waals surface area (Å²) < 4.78 is 0. The van der Waals surface area contributed by atoms with E-state index in [1.54, 1.807) is 6.92 Å². The van der Waals surface area contributed by atoms with E-state index < -0.39 is 24.1 Å². The fourth-order valence-electron chi connectivity index (χ4n) is 5.37. The van der Waals surface area contributed by atoms with Crippen LogP contribution in [0.15, 0.2) is 10.6 Å². The maximum Gasteiger partial charge on any atom is 0.353 e. The lowest BCUT2D eigenvalue weighted by Gasteiger charge is -2.46. The number of nitrogens with zero attached hydrogens (tertiary/aromatic N) is 1. The fraction of sp³-hybridized carbons (Fsp3) is 0.762. The zero-order valence-corrected chi connectivity index (χ0v) is 19.1. The summed E-state index contributed by atoms with van der Waals surface area (Å²) in [6.45, 7) is 5.66. The van der Waals surface area contributed by atoms with Crippen molar-refractivity contribution in [3.8, 4) is 0 Å². The molecule has 0 radical (unpaired) electrons. The lowest BCUT2D eigenvalue weighted by molar-refractivity contribution is -0.163. The van der Waals surface area contributed by atoms with E-state index in [0.717, 1.165) is 19.5 Å². The first-order valence-electron chi connectivity index (χ1n) is 11.3. The molecule has 0 bridgehead atoms. The molecule has 178 valence electrons. The van der Waals surface area contributed by atoms with Crippen LogP contribution >= 0.6 is 11.8 Å². The lowest BCUT2D eigenvalue weighted by atomic mass is 9.79. The van der Waals surface area contributed by atoms with Gasteiger partial charge in [-0.05, 0) is 26.3 Å². The van der Waals surface area contributed by atoms with Crippen molar-refractivity contribution in [2.45, 2.75) is 68.7 Å². The van der Waals surface area contributed by atoms with E-state index in [0.29, 0.717) is 17.9 Å². The molecule has 3 fully saturated rings. The standard InChI is InChI=1S/C21H32N4O6S/c1-9-17-16(10(2)26)20(29)25(17)18(21(30)31)19(9)32-12-5-13(23-8-12)14(27)6-15(28)24-11-3-4-22-7-11/h9-14,16-17,22-23,26-27H,3-8H2,1-2H3,(H,24,28)(H,30,31)/t9?,10?,11?,12?,13?,14?,16?,17-/m0/s1. The van der Waals surface area contributed by atoms with Crippen molar-refractivity contribution in [1.82, 2.24) is 20.9 Å². The highest BCUT2D eigenvalue weighted by molar-refractivity contribution is 8.03. The summed E-state index contributed by atoms with van der Waals surface area (Å²) >= 11 is 1.43. The SMILES string of the molecule is CC(O)C1C(=O)N2C(C(=O)O)=C(SC3CNC(C(O)CC(=O)NC4CCNC4)C3)C(C)[C@@H]12. The second-order valence-electron chi connectivity index (χ2n) is 9.29. The Bertz CT molecular complexity index is 814. The largest absolute Gasteiger partial charge is 0.477 e. The summed E-state index contributed by atoms with van der Waals surface area (Å²) in [6, 6.07) is -0.478. The van der Waals surface area contributed by atoms with Gasteiger partial charge in [0.2, 0.25) is 11.8 Å². The Morgan fingerprint density at radius 1 is 1.31 bits per heavy atom. The van der Waals surface area contributed by atoms with Crippen LogP contribution in [0.25, 0.3) is 0 Å². The Morgan fingerprint density at radius 2 is 2.06 bits per heavy atom. The highest BCUT2D eigenvalue weighted by Gasteiger charge is 2.60. The number of nitrogens with one attached hydrogen (secondary N) is 3. The van der Waals surface area contributed by atoms with Gasteiger partial charge in [0.15, 0.2) is 0 Å². The number of carbonyl (C=O) groups excluding carboxylic acids is 2. The number of hydrogen-bond donors (Lipinski definition) is 6. The zero-order valence-electron chi connectivity index (χ0n) is 18.3. The van der Waals surface area contributed by atoms with Crippen molar-refractivity contribution >= 4 is 29.5 Å². The summed E-state index contributed by atoms with van der Waals surface area (Å²) in [5.74, 6) is -2.41. The number of β-lactam (4-membered cyclic amide) rings is 1. The van der Waals surface area contributed by atoms with Crippen molar-refractivity contribution in [2.24, 2.45) is 11.8 Å². The molecule has 0 aliphatic carbocycles. The van der Waals surface area contributed by atoms with E-state index in [4.69, 9.17) is 0 Å². The van der Waals surface area contributed by atoms with Gasteiger partial charge in [-0.1, -0.05) is 6.92 Å². The van der Waals surface area contributed by atoms with Crippen molar-refractivity contribution < 1.29 is 29.7 Å². The molecule has 6 N–H and O–H groups in total. The molecule has 3 saturated heterocycles. The molecule has 0 aromatic heterocycles. The third-order valence-corrected chi connectivity index (χ3v) is 8.53. The van der Waals surface area contributed by atoms with Gasteiger partial charge in [-0.15, -0.1) is 11.8 Å². The highest BCUT2D eigenvalue weighted by Crippen LogP contribution is 2.51. The predicted octanol–water partition coefficient (Wildman–Crippen LogP) is -1.17. The molecule has 32 heavy (non-hydrogen) atoms. The number of carboxylic acids is 1. The molecule has 0 aromatic carbocycles. The Hall–Kier alpha value is -1.66. The summed E-state index contributed by atoms with van der Waals surface area (Å²) in [4.78, 5) is 38.6. The van der Waals surface area contributed by atoms with E-state index in [1.165, 1.54) is 16.7 Å². The van der Waals surface area contributed by atoms with Gasteiger partial charge in [0.1, 0.15) is 5.70 Å². The zero-order chi connectivity index (χ0) is 23.2. The Labute approximate surface area is 191 Å². The van der Waals surface area contributed by atoms with Crippen LogP contribution in [0.2, 0.25) is 0 Å². The van der Waals surface area contributed by atoms with E-state index in [2.05, 4.69) is 16.0 Å². The number of aliphatic carboxylic acids is 1. The Morgan fingerprint density at radius 3 is 2.69 bits per heavy atom. The van der Waals surface area contributed by atoms with E-state index in [9.17, 15) is 29.7 Å². The molecule has 11 heteroatoms. The van der Waals surface area contributed by atoms with Crippen molar-refractivity contribution in [2.75, 3.05) is 19.6 Å². The second-order valence-corrected chi connectivity index (χ2v) is 10.6. The van der Waals surface area contributed by atoms with Crippen LogP contribution in [0, 0.1) is 11.8 Å². The highest BCUT2D eigenvalue weighted by atomic mass is 32.2. The molecule has 7 unspecified atom stereocenters. The number of carbonyl (C=O) groups is 3. The van der Waals surface area contributed by atoms with Gasteiger partial charge in [-0.25, -0.2) is 4.79 Å². The van der Waals surface area contributed by atoms with Crippen LogP contribution in [0.1, 0.15) is 33.1 Å². The first-order chi connectivity index (χ1) is 15.2. The predicted molar refractivity (Wildman–Crippen MR) is 117 cm³/mol. The minimum absolute atomic E-state index is 0.0161. The molecule has 2 amide bonds. The number of thioether (sulfide) groups is 1. The molecular formula is C21H32N4O6S. The molecule has 4 aliphatic rings. The number of rotatable bonds is 8. The fourth-order valence-corrected chi connectivity index (χ4v) is 6.86. The summed E-state index contributed by atoms with van der Waals surface area (Å²) in [5, 5.41) is 39.7. The van der Waals surface area contributed by atoms with Gasteiger partial charge in [0.25, 0.3) is 0 Å². The molecule has 4 aliphatic heterocycles. The van der Waals surface area contributed by atoms with Gasteiger partial charge in [-0.3, -0.25) is 9.59 Å². The smallest absolute Gasteiger partial charge is 0.353 e. The summed E-state index contributed by atoms with van der Waals surface area (Å²) in [7, 11) is 0. The van der Waals surface area contributed by atoms with Crippen LogP contribution < -0.4 is 16.0 Å². The van der Waals surface area contributed by atoms with Crippen molar-refractivity contribution in [3.05, 3.63) is 10.6 Å². The van der Waals surface area contributed by atoms with Gasteiger partial charge in [0.05, 0.1) is 30.6 Å². The number of fused-ring (bicyclic) bond motifs is 1. The normalized spacial score (nSPS) is 36.1. The number of aliphatic hydroxyl groups excluding tert-OH is 2. The van der Waals surface area contributed by atoms with Crippen LogP contribution in [-0.2, 0) is 14.4 Å². The van der Waals surface area contributed by atoms with Crippen LogP contribution in [-0.4, -0.2) is 93.2 Å². The second kappa shape index (κ2) is 9.30. The first-order valence-corrected chi connectivity index (χ1v) is 12.1. The minimum Gasteiger partial charge on any atom is -0.477 e. The molecule has 8 atom stereocenters. The van der Waals surface area contributed by atoms with Crippen LogP contribution in [0.5, 0.6) is 0 Å². The van der Waals surface area contributed by atoms with Gasteiger partial charge >= 0.3 is 5.97 Å². The van der Waals surface area contributed by atoms with Gasteiger partial charge in [0, 0.05) is 41.2 Å². The molecular weight excluding hydrogens is 436 g/mol. The van der Waals surface area contributed by atoms with Crippen molar-refractivity contribution in [3.63, 3.8) is 0 Å². The third-order valence-electron chi connectivity index (χ3n) is 7.01. The monoisotopic (exact) mass is 468 g/mol. The number of aliphatic hydroxyl groups is 2. The molecule has 0 spiro atoms. The maximum atomic E-state index is 12.5. The van der Waals surface area contributed by atoms with E-state index in [-0.39, 0.29) is 53.2 Å². The van der Waals surface area contributed by atoms with Gasteiger partial charge < -0.3 is 36.2 Å². The number of hydrogen-bond acceptors (Lipinski definition) is 8. The summed E-state index contributed by atoms with van der Waals surface area (Å²) in [6.07, 6.45) is -0.163. The number of carboxylic acid groups (broad SMARTS) is 1.